The number of carbonyl (C=O) groups excluding carboxylic acids is 1. The summed E-state index contributed by atoms with van der Waals surface area (Å²) < 4.78 is 44.6. The van der Waals surface area contributed by atoms with Crippen LogP contribution in [-0.2, 0) is 20.2 Å². The number of morpholine rings is 1. The number of benzene rings is 3. The number of carbonyl (C=O) groups is 1. The Morgan fingerprint density at radius 1 is 1.02 bits per heavy atom. The fourth-order valence-electron chi connectivity index (χ4n) is 4.57. The van der Waals surface area contributed by atoms with Crippen LogP contribution >= 0.6 is 0 Å². The molecule has 0 radical (unpaired) electrons. The third-order valence-electron chi connectivity index (χ3n) is 6.95. The summed E-state index contributed by atoms with van der Waals surface area (Å²) in [6.07, 6.45) is 0. The van der Waals surface area contributed by atoms with Gasteiger partial charge in [0.25, 0.3) is 5.91 Å². The van der Waals surface area contributed by atoms with Crippen molar-refractivity contribution in [3.63, 3.8) is 0 Å². The highest BCUT2D eigenvalue weighted by Crippen LogP contribution is 2.37. The van der Waals surface area contributed by atoms with Crippen molar-refractivity contribution in [2.45, 2.75) is 33.1 Å². The Morgan fingerprint density at radius 2 is 1.73 bits per heavy atom. The first-order chi connectivity index (χ1) is 19.0. The van der Waals surface area contributed by atoms with Gasteiger partial charge in [0.2, 0.25) is 10.0 Å². The van der Waals surface area contributed by atoms with Crippen LogP contribution in [0.5, 0.6) is 11.5 Å². The average molecular weight is 570 g/mol. The first-order valence-electron chi connectivity index (χ1n) is 13.5. The summed E-state index contributed by atoms with van der Waals surface area (Å²) in [5.41, 5.74) is 1.52. The molecule has 0 bridgehead atoms. The van der Waals surface area contributed by atoms with Gasteiger partial charge in [-0.1, -0.05) is 45.0 Å². The summed E-state index contributed by atoms with van der Waals surface area (Å²) >= 11 is 0. The van der Waals surface area contributed by atoms with Crippen molar-refractivity contribution in [3.8, 4) is 11.5 Å². The molecule has 10 heteroatoms. The summed E-state index contributed by atoms with van der Waals surface area (Å²) in [4.78, 5) is 16.0. The predicted molar refractivity (Wildman–Crippen MR) is 159 cm³/mol. The summed E-state index contributed by atoms with van der Waals surface area (Å²) in [7, 11) is -2.18. The largest absolute Gasteiger partial charge is 0.494 e. The molecule has 0 aliphatic carbocycles. The highest BCUT2D eigenvalue weighted by Gasteiger charge is 2.25. The molecule has 1 fully saturated rings. The molecule has 0 aromatic heterocycles. The summed E-state index contributed by atoms with van der Waals surface area (Å²) in [5, 5.41) is 4.73. The van der Waals surface area contributed by atoms with E-state index in [1.807, 2.05) is 57.2 Å². The Kier molecular flexibility index (Phi) is 9.22. The molecule has 2 N–H and O–H groups in total. The molecule has 9 nitrogen and oxygen atoms in total. The van der Waals surface area contributed by atoms with E-state index in [2.05, 4.69) is 14.9 Å². The Hall–Kier alpha value is -3.34. The summed E-state index contributed by atoms with van der Waals surface area (Å²) in [6, 6.07) is 14.9. The van der Waals surface area contributed by atoms with Crippen LogP contribution in [0, 0.1) is 0 Å². The number of sulfonamides is 1. The fraction of sp³-hybridized carbons (Fsp3) is 0.433. The number of nitrogens with one attached hydrogen (secondary N) is 2. The van der Waals surface area contributed by atoms with Crippen molar-refractivity contribution < 1.29 is 27.4 Å². The van der Waals surface area contributed by atoms with E-state index in [1.54, 1.807) is 19.1 Å². The second kappa shape index (κ2) is 12.4. The number of methoxy groups -OCH3 is 1. The van der Waals surface area contributed by atoms with E-state index < -0.39 is 15.9 Å². The number of nitrogens with zero attached hydrogens (tertiary/aromatic N) is 1. The molecule has 0 atom stereocenters. The minimum Gasteiger partial charge on any atom is -0.494 e. The second-order valence-corrected chi connectivity index (χ2v) is 12.8. The van der Waals surface area contributed by atoms with Crippen molar-refractivity contribution in [2.75, 3.05) is 62.4 Å². The van der Waals surface area contributed by atoms with Crippen molar-refractivity contribution in [1.82, 2.24) is 4.90 Å². The Balaban J connectivity index is 1.64. The highest BCUT2D eigenvalue weighted by atomic mass is 32.2. The highest BCUT2D eigenvalue weighted by molar-refractivity contribution is 7.92. The van der Waals surface area contributed by atoms with E-state index in [-0.39, 0.29) is 28.2 Å². The van der Waals surface area contributed by atoms with E-state index >= 15 is 0 Å². The van der Waals surface area contributed by atoms with Crippen LogP contribution in [0.4, 0.5) is 11.4 Å². The van der Waals surface area contributed by atoms with Crippen LogP contribution in [0.1, 0.15) is 43.6 Å². The third-order valence-corrected chi connectivity index (χ3v) is 8.24. The van der Waals surface area contributed by atoms with Gasteiger partial charge in [-0.3, -0.25) is 14.4 Å². The monoisotopic (exact) mass is 569 g/mol. The molecular weight excluding hydrogens is 530 g/mol. The Morgan fingerprint density at radius 3 is 2.38 bits per heavy atom. The molecule has 1 saturated heterocycles. The Labute approximate surface area is 236 Å². The van der Waals surface area contributed by atoms with Crippen LogP contribution in [0.25, 0.3) is 10.8 Å². The molecule has 0 unspecified atom stereocenters. The molecule has 0 spiro atoms. The van der Waals surface area contributed by atoms with Gasteiger partial charge in [-0.15, -0.1) is 0 Å². The van der Waals surface area contributed by atoms with Crippen LogP contribution in [0.2, 0.25) is 0 Å². The number of hydrogen-bond acceptors (Lipinski definition) is 7. The van der Waals surface area contributed by atoms with E-state index in [0.29, 0.717) is 12.3 Å². The van der Waals surface area contributed by atoms with E-state index in [0.717, 1.165) is 54.9 Å². The quantitative estimate of drug-likeness (QED) is 0.359. The molecule has 4 rings (SSSR count). The van der Waals surface area contributed by atoms with E-state index in [9.17, 15) is 13.2 Å². The maximum absolute atomic E-state index is 13.7. The van der Waals surface area contributed by atoms with Crippen molar-refractivity contribution in [3.05, 3.63) is 59.7 Å². The predicted octanol–water partition coefficient (Wildman–Crippen LogP) is 4.87. The van der Waals surface area contributed by atoms with Crippen LogP contribution in [0.15, 0.2) is 48.5 Å². The number of amides is 1. The van der Waals surface area contributed by atoms with Gasteiger partial charge in [-0.05, 0) is 42.2 Å². The van der Waals surface area contributed by atoms with Gasteiger partial charge in [0, 0.05) is 36.1 Å². The number of ether oxygens (including phenoxy) is 3. The molecular formula is C30H39N3O6S. The van der Waals surface area contributed by atoms with Gasteiger partial charge in [0.1, 0.15) is 12.4 Å². The first-order valence-corrected chi connectivity index (χ1v) is 15.2. The normalized spacial score (nSPS) is 14.6. The van der Waals surface area contributed by atoms with Crippen LogP contribution in [-0.4, -0.2) is 71.5 Å². The number of hydrogen-bond donors (Lipinski definition) is 2. The van der Waals surface area contributed by atoms with Gasteiger partial charge in [0.15, 0.2) is 5.75 Å². The van der Waals surface area contributed by atoms with E-state index in [1.165, 1.54) is 7.11 Å². The lowest BCUT2D eigenvalue weighted by Gasteiger charge is -2.26. The summed E-state index contributed by atoms with van der Waals surface area (Å²) in [5.74, 6) is 0.385. The Bertz CT molecular complexity index is 1460. The lowest BCUT2D eigenvalue weighted by atomic mass is 9.85. The lowest BCUT2D eigenvalue weighted by Crippen LogP contribution is -2.38. The summed E-state index contributed by atoms with van der Waals surface area (Å²) in [6.45, 7) is 12.2. The number of rotatable bonds is 10. The lowest BCUT2D eigenvalue weighted by molar-refractivity contribution is 0.0323. The van der Waals surface area contributed by atoms with Crippen LogP contribution in [0.3, 0.4) is 0 Å². The standard InChI is InChI=1S/C30H39N3O6S/c1-6-40(35,36)32-26-20-21(30(2,3)4)19-24(28(26)37-5)29(34)31-25-11-12-27(23-10-8-7-9-22(23)25)39-18-15-33-13-16-38-17-14-33/h7-12,19-20,32H,6,13-18H2,1-5H3,(H,31,34). The SMILES string of the molecule is CCS(=O)(=O)Nc1cc(C(C)(C)C)cc(C(=O)Nc2ccc(OCCN3CCOCC3)c3ccccc23)c1OC. The molecule has 216 valence electrons. The first kappa shape index (κ1) is 29.6. The zero-order valence-electron chi connectivity index (χ0n) is 23.9. The zero-order valence-corrected chi connectivity index (χ0v) is 24.7. The minimum atomic E-state index is -3.60. The van der Waals surface area contributed by atoms with Crippen molar-refractivity contribution in [1.29, 1.82) is 0 Å². The van der Waals surface area contributed by atoms with Gasteiger partial charge < -0.3 is 19.5 Å². The molecule has 40 heavy (non-hydrogen) atoms. The molecule has 1 amide bonds. The molecule has 3 aromatic carbocycles. The van der Waals surface area contributed by atoms with Crippen LogP contribution < -0.4 is 19.5 Å². The maximum atomic E-state index is 13.7. The van der Waals surface area contributed by atoms with Crippen molar-refractivity contribution in [2.24, 2.45) is 0 Å². The molecule has 0 saturated carbocycles. The maximum Gasteiger partial charge on any atom is 0.259 e. The average Bonchev–Trinajstić information content (AvgIpc) is 2.93. The zero-order chi connectivity index (χ0) is 28.9. The molecule has 3 aromatic rings. The van der Waals surface area contributed by atoms with Gasteiger partial charge in [-0.2, -0.15) is 0 Å². The third kappa shape index (κ3) is 7.04. The minimum absolute atomic E-state index is 0.107. The van der Waals surface area contributed by atoms with Gasteiger partial charge in [0.05, 0.1) is 37.3 Å². The smallest absolute Gasteiger partial charge is 0.259 e. The van der Waals surface area contributed by atoms with Gasteiger partial charge in [-0.25, -0.2) is 8.42 Å². The topological polar surface area (TPSA) is 106 Å². The number of fused-ring (bicyclic) bond motifs is 1. The van der Waals surface area contributed by atoms with E-state index in [4.69, 9.17) is 14.2 Å². The molecule has 1 aliphatic rings. The fourth-order valence-corrected chi connectivity index (χ4v) is 5.20. The molecule has 1 heterocycles. The molecule has 1 aliphatic heterocycles. The second-order valence-electron chi connectivity index (χ2n) is 10.8. The number of anilines is 2. The van der Waals surface area contributed by atoms with Gasteiger partial charge >= 0.3 is 0 Å². The van der Waals surface area contributed by atoms with Crippen molar-refractivity contribution >= 4 is 38.1 Å².